The fourth-order valence-corrected chi connectivity index (χ4v) is 4.59. The predicted molar refractivity (Wildman–Crippen MR) is 102 cm³/mol. The van der Waals surface area contributed by atoms with Gasteiger partial charge in [0.05, 0.1) is 6.54 Å². The van der Waals surface area contributed by atoms with Crippen molar-refractivity contribution in [2.24, 2.45) is 13.0 Å². The highest BCUT2D eigenvalue weighted by molar-refractivity contribution is 5.79. The van der Waals surface area contributed by atoms with E-state index in [1.54, 1.807) is 0 Å². The third kappa shape index (κ3) is 3.77. The smallest absolute Gasteiger partial charge is 0.225 e. The van der Waals surface area contributed by atoms with Crippen LogP contribution < -0.4 is 0 Å². The van der Waals surface area contributed by atoms with Gasteiger partial charge in [0, 0.05) is 44.4 Å². The topological polar surface area (TPSA) is 68.8 Å². The molecule has 146 valence electrons. The first-order valence-electron chi connectivity index (χ1n) is 10.3. The molecule has 2 aromatic rings. The number of aromatic nitrogens is 5. The third-order valence-electron chi connectivity index (χ3n) is 6.29. The van der Waals surface area contributed by atoms with Gasteiger partial charge in [-0.05, 0) is 32.6 Å². The molecule has 1 saturated carbocycles. The average Bonchev–Trinajstić information content (AvgIpc) is 3.28. The Morgan fingerprint density at radius 3 is 2.70 bits per heavy atom. The van der Waals surface area contributed by atoms with E-state index in [1.165, 1.54) is 19.3 Å². The lowest BCUT2D eigenvalue weighted by Crippen LogP contribution is -2.43. The van der Waals surface area contributed by atoms with Crippen LogP contribution in [0.15, 0.2) is 12.4 Å². The van der Waals surface area contributed by atoms with Crippen molar-refractivity contribution in [1.29, 1.82) is 0 Å². The maximum Gasteiger partial charge on any atom is 0.225 e. The number of amides is 1. The normalized spacial score (nSPS) is 21.6. The van der Waals surface area contributed by atoms with Gasteiger partial charge in [-0.1, -0.05) is 19.3 Å². The summed E-state index contributed by atoms with van der Waals surface area (Å²) in [7, 11) is 2.04. The number of nitrogens with zero attached hydrogens (tertiary/aromatic N) is 6. The predicted octanol–water partition coefficient (Wildman–Crippen LogP) is 2.65. The van der Waals surface area contributed by atoms with Crippen molar-refractivity contribution in [3.8, 4) is 0 Å². The molecule has 0 bridgehead atoms. The summed E-state index contributed by atoms with van der Waals surface area (Å²) in [4.78, 5) is 19.3. The zero-order valence-electron chi connectivity index (χ0n) is 16.5. The molecule has 2 aromatic heterocycles. The molecule has 2 aliphatic rings. The fourth-order valence-electron chi connectivity index (χ4n) is 4.59. The van der Waals surface area contributed by atoms with Gasteiger partial charge in [-0.2, -0.15) is 0 Å². The molecule has 1 aliphatic heterocycles. The van der Waals surface area contributed by atoms with Crippen LogP contribution in [0, 0.1) is 12.8 Å². The molecule has 1 atom stereocenters. The van der Waals surface area contributed by atoms with Crippen LogP contribution in [-0.2, 0) is 18.4 Å². The molecule has 2 fully saturated rings. The molecule has 0 N–H and O–H groups in total. The molecule has 4 rings (SSSR count). The van der Waals surface area contributed by atoms with Crippen molar-refractivity contribution < 1.29 is 4.79 Å². The second kappa shape index (κ2) is 7.82. The van der Waals surface area contributed by atoms with Crippen molar-refractivity contribution >= 4 is 5.91 Å². The Labute approximate surface area is 160 Å². The van der Waals surface area contributed by atoms with Gasteiger partial charge in [0.25, 0.3) is 0 Å². The SMILES string of the molecule is Cc1nccn1Cc1nnc(C2CCCN(C(=O)C3CCCCC3)C2)n1C. The van der Waals surface area contributed by atoms with Gasteiger partial charge < -0.3 is 14.0 Å². The van der Waals surface area contributed by atoms with E-state index in [2.05, 4.69) is 29.2 Å². The number of hydrogen-bond donors (Lipinski definition) is 0. The van der Waals surface area contributed by atoms with Gasteiger partial charge in [0.1, 0.15) is 11.6 Å². The van der Waals surface area contributed by atoms with E-state index >= 15 is 0 Å². The number of piperidine rings is 1. The van der Waals surface area contributed by atoms with Crippen LogP contribution in [0.25, 0.3) is 0 Å². The first kappa shape index (κ1) is 18.2. The quantitative estimate of drug-likeness (QED) is 0.830. The van der Waals surface area contributed by atoms with Crippen molar-refractivity contribution in [2.45, 2.75) is 64.3 Å². The summed E-state index contributed by atoms with van der Waals surface area (Å²) in [6, 6.07) is 0. The van der Waals surface area contributed by atoms with Gasteiger partial charge in [-0.25, -0.2) is 4.98 Å². The molecule has 1 unspecified atom stereocenters. The zero-order chi connectivity index (χ0) is 18.8. The largest absolute Gasteiger partial charge is 0.342 e. The fraction of sp³-hybridized carbons (Fsp3) is 0.700. The highest BCUT2D eigenvalue weighted by Gasteiger charge is 2.32. The molecule has 7 nitrogen and oxygen atoms in total. The molecule has 0 radical (unpaired) electrons. The summed E-state index contributed by atoms with van der Waals surface area (Å²) < 4.78 is 4.19. The van der Waals surface area contributed by atoms with E-state index in [0.29, 0.717) is 12.5 Å². The van der Waals surface area contributed by atoms with Crippen molar-refractivity contribution in [1.82, 2.24) is 29.2 Å². The molecule has 1 aliphatic carbocycles. The monoisotopic (exact) mass is 370 g/mol. The zero-order valence-corrected chi connectivity index (χ0v) is 16.5. The summed E-state index contributed by atoms with van der Waals surface area (Å²) in [5.41, 5.74) is 0. The third-order valence-corrected chi connectivity index (χ3v) is 6.29. The Bertz CT molecular complexity index is 788. The Hall–Kier alpha value is -2.18. The number of carbonyl (C=O) groups excluding carboxylic acids is 1. The van der Waals surface area contributed by atoms with E-state index in [0.717, 1.165) is 56.2 Å². The van der Waals surface area contributed by atoms with Crippen LogP contribution in [0.4, 0.5) is 0 Å². The molecular weight excluding hydrogens is 340 g/mol. The van der Waals surface area contributed by atoms with E-state index in [-0.39, 0.29) is 11.8 Å². The Morgan fingerprint density at radius 1 is 1.15 bits per heavy atom. The second-order valence-electron chi connectivity index (χ2n) is 8.09. The maximum atomic E-state index is 12.9. The Kier molecular flexibility index (Phi) is 5.27. The number of rotatable bonds is 4. The number of aryl methyl sites for hydroxylation is 1. The van der Waals surface area contributed by atoms with Crippen LogP contribution in [0.3, 0.4) is 0 Å². The Balaban J connectivity index is 1.45. The molecule has 3 heterocycles. The van der Waals surface area contributed by atoms with Crippen molar-refractivity contribution in [3.63, 3.8) is 0 Å². The van der Waals surface area contributed by atoms with E-state index in [9.17, 15) is 4.79 Å². The van der Waals surface area contributed by atoms with Gasteiger partial charge in [0.15, 0.2) is 5.82 Å². The Morgan fingerprint density at radius 2 is 1.96 bits per heavy atom. The van der Waals surface area contributed by atoms with E-state index in [4.69, 9.17) is 0 Å². The lowest BCUT2D eigenvalue weighted by atomic mass is 9.87. The van der Waals surface area contributed by atoms with Crippen LogP contribution in [0.2, 0.25) is 0 Å². The summed E-state index contributed by atoms with van der Waals surface area (Å²) in [5, 5.41) is 8.92. The highest BCUT2D eigenvalue weighted by atomic mass is 16.2. The van der Waals surface area contributed by atoms with Gasteiger partial charge in [-0.3, -0.25) is 4.79 Å². The molecule has 7 heteroatoms. The van der Waals surface area contributed by atoms with Crippen molar-refractivity contribution in [3.05, 3.63) is 29.9 Å². The maximum absolute atomic E-state index is 12.9. The minimum atomic E-state index is 0.247. The second-order valence-corrected chi connectivity index (χ2v) is 8.09. The standard InChI is InChI=1S/C20H30N6O/c1-15-21-10-12-25(15)14-18-22-23-19(24(18)2)17-9-6-11-26(13-17)20(27)16-7-4-3-5-8-16/h10,12,16-17H,3-9,11,13-14H2,1-2H3. The van der Waals surface area contributed by atoms with Crippen LogP contribution in [0.1, 0.15) is 68.3 Å². The highest BCUT2D eigenvalue weighted by Crippen LogP contribution is 2.30. The molecule has 1 amide bonds. The van der Waals surface area contributed by atoms with Gasteiger partial charge >= 0.3 is 0 Å². The molecule has 27 heavy (non-hydrogen) atoms. The van der Waals surface area contributed by atoms with Crippen molar-refractivity contribution in [2.75, 3.05) is 13.1 Å². The molecular formula is C20H30N6O. The summed E-state index contributed by atoms with van der Waals surface area (Å²) in [6.07, 6.45) is 11.7. The first-order valence-corrected chi connectivity index (χ1v) is 10.3. The first-order chi connectivity index (χ1) is 13.1. The number of likely N-dealkylation sites (tertiary alicyclic amines) is 1. The average molecular weight is 371 g/mol. The summed E-state index contributed by atoms with van der Waals surface area (Å²) in [5.74, 6) is 3.81. The number of hydrogen-bond acceptors (Lipinski definition) is 4. The van der Waals surface area contributed by atoms with E-state index in [1.807, 2.05) is 26.4 Å². The lowest BCUT2D eigenvalue weighted by molar-refractivity contribution is -0.137. The van der Waals surface area contributed by atoms with Gasteiger partial charge in [0.2, 0.25) is 5.91 Å². The van der Waals surface area contributed by atoms with E-state index < -0.39 is 0 Å². The molecule has 0 spiro atoms. The van der Waals surface area contributed by atoms with Crippen LogP contribution in [-0.4, -0.2) is 48.2 Å². The summed E-state index contributed by atoms with van der Waals surface area (Å²) in [6.45, 7) is 4.34. The van der Waals surface area contributed by atoms with Crippen LogP contribution in [0.5, 0.6) is 0 Å². The van der Waals surface area contributed by atoms with Gasteiger partial charge in [-0.15, -0.1) is 10.2 Å². The molecule has 0 aromatic carbocycles. The summed E-state index contributed by atoms with van der Waals surface area (Å²) >= 11 is 0. The minimum absolute atomic E-state index is 0.247. The minimum Gasteiger partial charge on any atom is -0.342 e. The van der Waals surface area contributed by atoms with Crippen LogP contribution >= 0.6 is 0 Å². The molecule has 1 saturated heterocycles. The lowest BCUT2D eigenvalue weighted by Gasteiger charge is -2.35. The number of imidazole rings is 1. The number of carbonyl (C=O) groups is 1.